The first kappa shape index (κ1) is 22.1. The van der Waals surface area contributed by atoms with Gasteiger partial charge in [-0.1, -0.05) is 73.7 Å². The lowest BCUT2D eigenvalue weighted by Gasteiger charge is -2.42. The molecule has 0 unspecified atom stereocenters. The van der Waals surface area contributed by atoms with Crippen LogP contribution in [0.25, 0.3) is 0 Å². The number of hydrogen-bond donors (Lipinski definition) is 0. The van der Waals surface area contributed by atoms with Crippen molar-refractivity contribution < 1.29 is 4.43 Å². The summed E-state index contributed by atoms with van der Waals surface area (Å²) in [5.74, 6) is 0.590. The van der Waals surface area contributed by atoms with E-state index in [9.17, 15) is 0 Å². The van der Waals surface area contributed by atoms with E-state index in [2.05, 4.69) is 74.7 Å². The number of hydrogen-bond acceptors (Lipinski definition) is 1. The molecule has 0 aliphatic heterocycles. The van der Waals surface area contributed by atoms with E-state index in [1.54, 1.807) is 0 Å². The van der Waals surface area contributed by atoms with E-state index in [-0.39, 0.29) is 0 Å². The Balaban J connectivity index is 4.70. The lowest BCUT2D eigenvalue weighted by Crippen LogP contribution is -2.48. The van der Waals surface area contributed by atoms with Crippen molar-refractivity contribution in [2.75, 3.05) is 6.61 Å². The zero-order valence-electron chi connectivity index (χ0n) is 17.0. The highest BCUT2D eigenvalue weighted by Gasteiger charge is 2.45. The molecule has 132 valence electrons. The molecule has 0 spiro atoms. The molecule has 0 amide bonds. The molecule has 22 heavy (non-hydrogen) atoms. The molecule has 0 aromatic carbocycles. The van der Waals surface area contributed by atoms with Gasteiger partial charge >= 0.3 is 0 Å². The third-order valence-corrected chi connectivity index (χ3v) is 12.4. The molecule has 0 aromatic rings. The van der Waals surface area contributed by atoms with Gasteiger partial charge in [0.05, 0.1) is 0 Å². The Bertz CT molecular complexity index is 318. The van der Waals surface area contributed by atoms with Gasteiger partial charge in [-0.15, -0.1) is 6.58 Å². The predicted molar refractivity (Wildman–Crippen MR) is 108 cm³/mol. The first-order valence-electron chi connectivity index (χ1n) is 9.13. The van der Waals surface area contributed by atoms with Crippen LogP contribution in [0.2, 0.25) is 42.3 Å². The van der Waals surface area contributed by atoms with Crippen molar-refractivity contribution in [1.29, 1.82) is 0 Å². The summed E-state index contributed by atoms with van der Waals surface area (Å²) in [5, 5.41) is 0. The molecule has 0 N–H and O–H groups in total. The fourth-order valence-corrected chi connectivity index (χ4v) is 11.4. The fourth-order valence-electron chi connectivity index (χ4n) is 4.16. The summed E-state index contributed by atoms with van der Waals surface area (Å²) in [5.41, 5.74) is 3.45. The lowest BCUT2D eigenvalue weighted by atomic mass is 10.0. The van der Waals surface area contributed by atoms with E-state index in [1.807, 2.05) is 0 Å². The Kier molecular flexibility index (Phi) is 8.89. The van der Waals surface area contributed by atoms with Gasteiger partial charge in [0.15, 0.2) is 8.32 Å². The number of allylic oxidation sites excluding steroid dienone is 1. The summed E-state index contributed by atoms with van der Waals surface area (Å²) >= 11 is 0. The van der Waals surface area contributed by atoms with Crippen molar-refractivity contribution in [3.05, 3.63) is 12.2 Å². The lowest BCUT2D eigenvalue weighted by molar-refractivity contribution is 0.229. The third-order valence-electron chi connectivity index (χ3n) is 4.74. The average molecular weight is 343 g/mol. The van der Waals surface area contributed by atoms with Crippen molar-refractivity contribution in [1.82, 2.24) is 0 Å². The molecule has 0 heterocycles. The van der Waals surface area contributed by atoms with Crippen molar-refractivity contribution in [3.8, 4) is 0 Å². The van der Waals surface area contributed by atoms with E-state index < -0.39 is 16.4 Å². The Morgan fingerprint density at radius 1 is 0.864 bits per heavy atom. The minimum absolute atomic E-state index is 0.590. The van der Waals surface area contributed by atoms with Crippen LogP contribution in [0.5, 0.6) is 0 Å². The maximum absolute atomic E-state index is 6.72. The van der Waals surface area contributed by atoms with Gasteiger partial charge in [0.2, 0.25) is 0 Å². The molecule has 0 aliphatic carbocycles. The highest BCUT2D eigenvalue weighted by atomic mass is 28.4. The van der Waals surface area contributed by atoms with Crippen molar-refractivity contribution in [2.24, 2.45) is 5.92 Å². The van der Waals surface area contributed by atoms with Crippen LogP contribution in [0.4, 0.5) is 0 Å². The van der Waals surface area contributed by atoms with Crippen LogP contribution in [-0.4, -0.2) is 23.0 Å². The summed E-state index contributed by atoms with van der Waals surface area (Å²) in [7, 11) is -2.74. The molecule has 0 rings (SSSR count). The maximum atomic E-state index is 6.72. The Hall–Kier alpha value is 0.134. The first-order chi connectivity index (χ1) is 9.82. The van der Waals surface area contributed by atoms with Crippen molar-refractivity contribution in [3.63, 3.8) is 0 Å². The molecule has 1 atom stereocenters. The van der Waals surface area contributed by atoms with Gasteiger partial charge in [0.1, 0.15) is 0 Å². The second-order valence-electron chi connectivity index (χ2n) is 9.43. The normalized spacial score (nSPS) is 15.0. The molecule has 3 heteroatoms. The molecule has 0 radical (unpaired) electrons. The molecule has 0 aliphatic rings. The zero-order chi connectivity index (χ0) is 17.7. The molecule has 0 saturated heterocycles. The molecule has 0 saturated carbocycles. The van der Waals surface area contributed by atoms with Crippen molar-refractivity contribution >= 4 is 16.4 Å². The summed E-state index contributed by atoms with van der Waals surface area (Å²) in [6.07, 6.45) is 1.13. The van der Waals surface area contributed by atoms with Crippen LogP contribution in [0.15, 0.2) is 12.2 Å². The van der Waals surface area contributed by atoms with Gasteiger partial charge in [0.25, 0.3) is 0 Å². The summed E-state index contributed by atoms with van der Waals surface area (Å²) in [6.45, 7) is 29.0. The van der Waals surface area contributed by atoms with E-state index in [1.165, 1.54) is 11.6 Å². The van der Waals surface area contributed by atoms with Gasteiger partial charge in [-0.2, -0.15) is 0 Å². The largest absolute Gasteiger partial charge is 0.416 e. The molecule has 0 fully saturated rings. The van der Waals surface area contributed by atoms with E-state index in [0.717, 1.165) is 13.0 Å². The van der Waals surface area contributed by atoms with Crippen molar-refractivity contribution in [2.45, 2.75) is 97.2 Å². The van der Waals surface area contributed by atoms with Crippen LogP contribution in [-0.2, 0) is 4.43 Å². The van der Waals surface area contributed by atoms with Crippen LogP contribution in [0, 0.1) is 5.92 Å². The van der Waals surface area contributed by atoms with Crippen LogP contribution >= 0.6 is 0 Å². The van der Waals surface area contributed by atoms with Crippen LogP contribution in [0.1, 0.15) is 54.9 Å². The van der Waals surface area contributed by atoms with Gasteiger partial charge in [-0.05, 0) is 35.0 Å². The van der Waals surface area contributed by atoms with Gasteiger partial charge in [0, 0.05) is 14.7 Å². The van der Waals surface area contributed by atoms with E-state index >= 15 is 0 Å². The Morgan fingerprint density at radius 3 is 1.59 bits per heavy atom. The van der Waals surface area contributed by atoms with Gasteiger partial charge < -0.3 is 4.43 Å². The Labute approximate surface area is 143 Å². The second kappa shape index (κ2) is 8.84. The van der Waals surface area contributed by atoms with E-state index in [4.69, 9.17) is 4.43 Å². The number of rotatable bonds is 10. The summed E-state index contributed by atoms with van der Waals surface area (Å²) in [4.78, 5) is 0. The minimum atomic E-state index is -1.71. The quantitative estimate of drug-likeness (QED) is 0.304. The SMILES string of the molecule is C=C(C[C@@H](C)CO[Si](C(C)C)(C(C)C)C(C)C)C[Si](C)(C)C. The van der Waals surface area contributed by atoms with Crippen LogP contribution in [0.3, 0.4) is 0 Å². The highest BCUT2D eigenvalue weighted by molar-refractivity contribution is 6.77. The second-order valence-corrected chi connectivity index (χ2v) is 20.4. The maximum Gasteiger partial charge on any atom is 0.200 e. The molecule has 0 bridgehead atoms. The minimum Gasteiger partial charge on any atom is -0.416 e. The highest BCUT2D eigenvalue weighted by Crippen LogP contribution is 2.42. The zero-order valence-corrected chi connectivity index (χ0v) is 19.0. The summed E-state index contributed by atoms with van der Waals surface area (Å²) in [6, 6.07) is 1.25. The predicted octanol–water partition coefficient (Wildman–Crippen LogP) is 7.10. The fraction of sp³-hybridized carbons (Fsp3) is 0.895. The molecule has 0 aromatic heterocycles. The molecular weight excluding hydrogens is 300 g/mol. The monoisotopic (exact) mass is 342 g/mol. The summed E-state index contributed by atoms with van der Waals surface area (Å²) < 4.78 is 6.72. The van der Waals surface area contributed by atoms with Gasteiger partial charge in [-0.3, -0.25) is 0 Å². The Morgan fingerprint density at radius 2 is 1.27 bits per heavy atom. The first-order valence-corrected chi connectivity index (χ1v) is 15.0. The van der Waals surface area contributed by atoms with Gasteiger partial charge in [-0.25, -0.2) is 0 Å². The molecule has 1 nitrogen and oxygen atoms in total. The smallest absolute Gasteiger partial charge is 0.200 e. The standard InChI is InChI=1S/C19H42OSi2/c1-15(2)22(16(3)4,17(5)6)20-13-18(7)12-19(8)14-21(9,10)11/h15-18H,8,12-14H2,1-7,9-11H3/t18-/m1/s1. The molecular formula is C19H42OSi2. The topological polar surface area (TPSA) is 9.23 Å². The average Bonchev–Trinajstić information content (AvgIpc) is 2.24. The van der Waals surface area contributed by atoms with Crippen LogP contribution < -0.4 is 0 Å². The third kappa shape index (κ3) is 6.71. The van der Waals surface area contributed by atoms with E-state index in [0.29, 0.717) is 22.5 Å².